The van der Waals surface area contributed by atoms with E-state index in [9.17, 15) is 4.79 Å². The van der Waals surface area contributed by atoms with Crippen LogP contribution < -0.4 is 16.8 Å². The lowest BCUT2D eigenvalue weighted by Gasteiger charge is -2.14. The van der Waals surface area contributed by atoms with Gasteiger partial charge in [-0.05, 0) is 39.8 Å². The van der Waals surface area contributed by atoms with Crippen molar-refractivity contribution in [2.24, 2.45) is 11.5 Å². The molecule has 0 atom stereocenters. The van der Waals surface area contributed by atoms with E-state index in [0.29, 0.717) is 17.0 Å². The molecule has 0 saturated carbocycles. The number of nitrogens with two attached hydrogens (primary N) is 2. The Balaban J connectivity index is 0. The van der Waals surface area contributed by atoms with Gasteiger partial charge in [0.05, 0.1) is 11.4 Å². The Labute approximate surface area is 135 Å². The van der Waals surface area contributed by atoms with Crippen LogP contribution in [0.1, 0.15) is 40.5 Å². The minimum Gasteiger partial charge on any atom is -0.397 e. The van der Waals surface area contributed by atoms with Crippen molar-refractivity contribution in [2.45, 2.75) is 40.5 Å². The van der Waals surface area contributed by atoms with Crippen LogP contribution in [0.5, 0.6) is 0 Å². The zero-order chi connectivity index (χ0) is 17.5. The topological polar surface area (TPSA) is 81.1 Å². The fraction of sp³-hybridized carbons (Fsp3) is 0.389. The van der Waals surface area contributed by atoms with Crippen LogP contribution in [0.2, 0.25) is 0 Å². The van der Waals surface area contributed by atoms with Crippen molar-refractivity contribution in [1.29, 1.82) is 0 Å². The largest absolute Gasteiger partial charge is 0.397 e. The lowest BCUT2D eigenvalue weighted by molar-refractivity contribution is -0.116. The number of nitrogens with one attached hydrogen (secondary N) is 1. The quantitative estimate of drug-likeness (QED) is 0.550. The van der Waals surface area contributed by atoms with Crippen LogP contribution in [0, 0.1) is 0 Å². The molecule has 4 nitrogen and oxygen atoms in total. The number of hydrogen-bond acceptors (Lipinski definition) is 3. The van der Waals surface area contributed by atoms with Crippen LogP contribution in [0.15, 0.2) is 59.5 Å². The molecule has 22 heavy (non-hydrogen) atoms. The zero-order valence-corrected chi connectivity index (χ0v) is 14.6. The summed E-state index contributed by atoms with van der Waals surface area (Å²) in [6.45, 7) is 11.5. The van der Waals surface area contributed by atoms with E-state index in [2.05, 4.69) is 17.6 Å². The van der Waals surface area contributed by atoms with Gasteiger partial charge in [0, 0.05) is 5.57 Å². The molecule has 0 spiro atoms. The van der Waals surface area contributed by atoms with E-state index in [0.717, 1.165) is 18.4 Å². The van der Waals surface area contributed by atoms with Crippen LogP contribution in [0.3, 0.4) is 0 Å². The van der Waals surface area contributed by atoms with Crippen molar-refractivity contribution >= 4 is 5.91 Å². The third-order valence-electron chi connectivity index (χ3n) is 2.56. The number of rotatable bonds is 4. The summed E-state index contributed by atoms with van der Waals surface area (Å²) in [6, 6.07) is 0. The third kappa shape index (κ3) is 8.97. The zero-order valence-electron chi connectivity index (χ0n) is 14.6. The molecule has 0 aromatic heterocycles. The molecule has 5 N–H and O–H groups in total. The fourth-order valence-electron chi connectivity index (χ4n) is 1.55. The van der Waals surface area contributed by atoms with Gasteiger partial charge in [-0.3, -0.25) is 4.79 Å². The van der Waals surface area contributed by atoms with Gasteiger partial charge < -0.3 is 16.8 Å². The fourth-order valence-corrected chi connectivity index (χ4v) is 1.55. The normalized spacial score (nSPS) is 13.8. The number of amides is 1. The van der Waals surface area contributed by atoms with Crippen molar-refractivity contribution in [3.63, 3.8) is 0 Å². The predicted octanol–water partition coefficient (Wildman–Crippen LogP) is 3.30. The first-order valence-electron chi connectivity index (χ1n) is 7.59. The van der Waals surface area contributed by atoms with E-state index in [-0.39, 0.29) is 5.91 Å². The van der Waals surface area contributed by atoms with E-state index >= 15 is 0 Å². The molecule has 0 bridgehead atoms. The van der Waals surface area contributed by atoms with Gasteiger partial charge in [0.1, 0.15) is 0 Å². The van der Waals surface area contributed by atoms with Gasteiger partial charge in [-0.15, -0.1) is 0 Å². The highest BCUT2D eigenvalue weighted by Gasteiger charge is 2.11. The molecule has 0 aromatic rings. The Bertz CT molecular complexity index is 469. The first-order valence-corrected chi connectivity index (χ1v) is 7.59. The predicted molar refractivity (Wildman–Crippen MR) is 96.9 cm³/mol. The Morgan fingerprint density at radius 1 is 1.23 bits per heavy atom. The van der Waals surface area contributed by atoms with Gasteiger partial charge >= 0.3 is 0 Å². The van der Waals surface area contributed by atoms with Gasteiger partial charge in [0.2, 0.25) is 0 Å². The SMILES string of the molecule is C=C(C)/C=C\C(=C/C)C(=O)NC1=CCCC=C1N.CC.CN. The summed E-state index contributed by atoms with van der Waals surface area (Å²) in [7, 11) is 1.50. The molecule has 1 rings (SSSR count). The third-order valence-corrected chi connectivity index (χ3v) is 2.56. The Kier molecular flexibility index (Phi) is 14.0. The van der Waals surface area contributed by atoms with Crippen LogP contribution >= 0.6 is 0 Å². The first-order chi connectivity index (χ1) is 10.5. The van der Waals surface area contributed by atoms with Gasteiger partial charge in [-0.25, -0.2) is 0 Å². The lowest BCUT2D eigenvalue weighted by atomic mass is 10.1. The van der Waals surface area contributed by atoms with Gasteiger partial charge in [-0.2, -0.15) is 0 Å². The highest BCUT2D eigenvalue weighted by atomic mass is 16.1. The maximum Gasteiger partial charge on any atom is 0.255 e. The van der Waals surface area contributed by atoms with Crippen LogP contribution in [0.4, 0.5) is 0 Å². The Morgan fingerprint density at radius 2 is 1.77 bits per heavy atom. The number of hydrogen-bond donors (Lipinski definition) is 3. The summed E-state index contributed by atoms with van der Waals surface area (Å²) in [5.41, 5.74) is 13.1. The monoisotopic (exact) mass is 305 g/mol. The number of carbonyl (C=O) groups is 1. The van der Waals surface area contributed by atoms with Crippen molar-refractivity contribution in [1.82, 2.24) is 5.32 Å². The summed E-state index contributed by atoms with van der Waals surface area (Å²) in [5.74, 6) is -0.153. The second kappa shape index (κ2) is 13.9. The molecule has 124 valence electrons. The van der Waals surface area contributed by atoms with Gasteiger partial charge in [0.25, 0.3) is 5.91 Å². The lowest BCUT2D eigenvalue weighted by Crippen LogP contribution is -2.27. The highest BCUT2D eigenvalue weighted by molar-refractivity contribution is 5.97. The maximum atomic E-state index is 12.0. The molecule has 4 heteroatoms. The van der Waals surface area contributed by atoms with E-state index in [1.807, 2.05) is 45.9 Å². The van der Waals surface area contributed by atoms with Crippen molar-refractivity contribution in [3.05, 3.63) is 59.5 Å². The minimum atomic E-state index is -0.153. The molecule has 0 unspecified atom stereocenters. The molecule has 1 aliphatic rings. The molecule has 0 aliphatic heterocycles. The molecule has 1 aliphatic carbocycles. The van der Waals surface area contributed by atoms with Crippen LogP contribution in [-0.4, -0.2) is 13.0 Å². The van der Waals surface area contributed by atoms with Gasteiger partial charge in [-0.1, -0.05) is 50.3 Å². The van der Waals surface area contributed by atoms with E-state index in [1.165, 1.54) is 7.05 Å². The Hall–Kier alpha value is -2.07. The van der Waals surface area contributed by atoms with Crippen LogP contribution in [-0.2, 0) is 4.79 Å². The average molecular weight is 305 g/mol. The molecule has 0 aromatic carbocycles. The first kappa shape index (κ1) is 22.2. The van der Waals surface area contributed by atoms with E-state index in [4.69, 9.17) is 5.73 Å². The molecular formula is C18H31N3O. The Morgan fingerprint density at radius 3 is 2.23 bits per heavy atom. The number of carbonyl (C=O) groups excluding carboxylic acids is 1. The standard InChI is InChI=1S/C15H20N2O.C2H6.CH5N/c1-4-12(10-9-11(2)3)15(18)17-14-8-6-5-7-13(14)16;2*1-2/h4,7-10H,2,5-6,16H2,1,3H3,(H,17,18);1-2H3;2H2,1H3/b10-9-,12-4+;;. The smallest absolute Gasteiger partial charge is 0.255 e. The number of allylic oxidation sites excluding steroid dienone is 5. The van der Waals surface area contributed by atoms with Crippen molar-refractivity contribution < 1.29 is 4.79 Å². The van der Waals surface area contributed by atoms with Crippen molar-refractivity contribution in [2.75, 3.05) is 7.05 Å². The molecular weight excluding hydrogens is 274 g/mol. The molecule has 0 saturated heterocycles. The second-order valence-corrected chi connectivity index (χ2v) is 4.23. The van der Waals surface area contributed by atoms with E-state index in [1.54, 1.807) is 12.2 Å². The summed E-state index contributed by atoms with van der Waals surface area (Å²) >= 11 is 0. The summed E-state index contributed by atoms with van der Waals surface area (Å²) < 4.78 is 0. The molecule has 0 fully saturated rings. The molecule has 0 heterocycles. The highest BCUT2D eigenvalue weighted by Crippen LogP contribution is 2.12. The summed E-state index contributed by atoms with van der Waals surface area (Å²) in [4.78, 5) is 12.0. The maximum absolute atomic E-state index is 12.0. The molecule has 1 amide bonds. The van der Waals surface area contributed by atoms with Crippen molar-refractivity contribution in [3.8, 4) is 0 Å². The summed E-state index contributed by atoms with van der Waals surface area (Å²) in [6.07, 6.45) is 11.0. The minimum absolute atomic E-state index is 0.153. The van der Waals surface area contributed by atoms with Crippen LogP contribution in [0.25, 0.3) is 0 Å². The average Bonchev–Trinajstić information content (AvgIpc) is 2.54. The summed E-state index contributed by atoms with van der Waals surface area (Å²) in [5, 5.41) is 2.82. The molecule has 0 radical (unpaired) electrons. The van der Waals surface area contributed by atoms with Gasteiger partial charge in [0.15, 0.2) is 0 Å². The van der Waals surface area contributed by atoms with E-state index < -0.39 is 0 Å². The second-order valence-electron chi connectivity index (χ2n) is 4.23.